The zero-order valence-electron chi connectivity index (χ0n) is 17.3. The molecule has 0 atom stereocenters. The molecule has 0 radical (unpaired) electrons. The second-order valence-electron chi connectivity index (χ2n) is 7.31. The van der Waals surface area contributed by atoms with Crippen molar-refractivity contribution in [1.29, 1.82) is 0 Å². The van der Waals surface area contributed by atoms with Crippen molar-refractivity contribution in [2.45, 2.75) is 39.0 Å². The van der Waals surface area contributed by atoms with Gasteiger partial charge in [-0.15, -0.1) is 0 Å². The number of H-pyrrole nitrogens is 1. The predicted octanol–water partition coefficient (Wildman–Crippen LogP) is 4.39. The largest absolute Gasteiger partial charge is 0.375 e. The lowest BCUT2D eigenvalue weighted by atomic mass is 9.96. The van der Waals surface area contributed by atoms with E-state index in [4.69, 9.17) is 0 Å². The zero-order valence-corrected chi connectivity index (χ0v) is 17.3. The van der Waals surface area contributed by atoms with Gasteiger partial charge in [0.15, 0.2) is 17.3 Å². The van der Waals surface area contributed by atoms with Crippen LogP contribution in [-0.2, 0) is 11.2 Å². The molecule has 1 aromatic carbocycles. The molecule has 1 aliphatic carbocycles. The number of imidazole rings is 1. The summed E-state index contributed by atoms with van der Waals surface area (Å²) < 4.78 is 42.2. The van der Waals surface area contributed by atoms with Crippen molar-refractivity contribution in [2.24, 2.45) is 0 Å². The van der Waals surface area contributed by atoms with E-state index >= 15 is 4.39 Å². The van der Waals surface area contributed by atoms with E-state index < -0.39 is 18.8 Å². The molecule has 1 amide bonds. The molecular weight excluding hydrogens is 423 g/mol. The number of hydrogen-bond acceptors (Lipinski definition) is 5. The first-order chi connectivity index (χ1) is 15.5. The van der Waals surface area contributed by atoms with Gasteiger partial charge >= 0.3 is 0 Å². The first-order valence-electron chi connectivity index (χ1n) is 10.3. The van der Waals surface area contributed by atoms with Crippen LogP contribution in [0.1, 0.15) is 31.7 Å². The summed E-state index contributed by atoms with van der Waals surface area (Å²) in [6.07, 6.45) is 8.96. The molecule has 1 saturated carbocycles. The van der Waals surface area contributed by atoms with Crippen molar-refractivity contribution in [1.82, 2.24) is 24.6 Å². The SMILES string of the molecule is C1CC1.CCc1c(F)c(NCC(F)F)c2[nH]ncc2c1-c1cn2cc(NC=O)nc2cn1. The number of carbonyl (C=O) groups is 1. The number of rotatable bonds is 7. The van der Waals surface area contributed by atoms with Crippen LogP contribution in [0.15, 0.2) is 24.8 Å². The summed E-state index contributed by atoms with van der Waals surface area (Å²) in [6.45, 7) is 1.09. The fourth-order valence-corrected chi connectivity index (χ4v) is 3.33. The van der Waals surface area contributed by atoms with Gasteiger partial charge in [0, 0.05) is 17.1 Å². The van der Waals surface area contributed by atoms with Crippen LogP contribution in [0.2, 0.25) is 0 Å². The average molecular weight is 445 g/mol. The Morgan fingerprint density at radius 3 is 2.69 bits per heavy atom. The van der Waals surface area contributed by atoms with Crippen molar-refractivity contribution in [3.63, 3.8) is 0 Å². The van der Waals surface area contributed by atoms with Crippen molar-refractivity contribution in [3.05, 3.63) is 36.2 Å². The van der Waals surface area contributed by atoms with Gasteiger partial charge in [-0.05, 0) is 12.0 Å². The Morgan fingerprint density at radius 1 is 1.25 bits per heavy atom. The summed E-state index contributed by atoms with van der Waals surface area (Å²) in [5.41, 5.74) is 2.03. The summed E-state index contributed by atoms with van der Waals surface area (Å²) in [6, 6.07) is 0. The molecule has 3 aromatic heterocycles. The number of aromatic amines is 1. The van der Waals surface area contributed by atoms with Crippen LogP contribution in [0, 0.1) is 5.82 Å². The molecule has 0 unspecified atom stereocenters. The molecule has 11 heteroatoms. The zero-order chi connectivity index (χ0) is 22.7. The average Bonchev–Trinajstić information content (AvgIpc) is 3.48. The number of alkyl halides is 2. The van der Waals surface area contributed by atoms with E-state index in [0.717, 1.165) is 0 Å². The first-order valence-corrected chi connectivity index (χ1v) is 10.3. The summed E-state index contributed by atoms with van der Waals surface area (Å²) >= 11 is 0. The third-order valence-corrected chi connectivity index (χ3v) is 4.89. The Kier molecular flexibility index (Phi) is 6.24. The number of nitrogens with zero attached hydrogens (tertiary/aromatic N) is 4. The van der Waals surface area contributed by atoms with E-state index in [9.17, 15) is 13.6 Å². The number of aromatic nitrogens is 5. The van der Waals surface area contributed by atoms with Gasteiger partial charge in [-0.2, -0.15) is 5.10 Å². The van der Waals surface area contributed by atoms with Gasteiger partial charge in [0.1, 0.15) is 0 Å². The number of benzene rings is 1. The Bertz CT molecular complexity index is 1250. The Labute approximate surface area is 181 Å². The molecule has 1 aliphatic rings. The topological polar surface area (TPSA) is 100 Å². The van der Waals surface area contributed by atoms with E-state index in [-0.39, 0.29) is 11.2 Å². The fraction of sp³-hybridized carbons (Fsp3) is 0.333. The van der Waals surface area contributed by atoms with Gasteiger partial charge in [0.2, 0.25) is 6.41 Å². The minimum Gasteiger partial charge on any atom is -0.375 e. The molecule has 3 heterocycles. The highest BCUT2D eigenvalue weighted by atomic mass is 19.3. The maximum atomic E-state index is 15.2. The fourth-order valence-electron chi connectivity index (χ4n) is 3.33. The molecule has 8 nitrogen and oxygen atoms in total. The Morgan fingerprint density at radius 2 is 2.03 bits per heavy atom. The molecule has 1 fully saturated rings. The molecule has 0 bridgehead atoms. The summed E-state index contributed by atoms with van der Waals surface area (Å²) in [7, 11) is 0. The van der Waals surface area contributed by atoms with Gasteiger partial charge in [-0.1, -0.05) is 26.2 Å². The highest BCUT2D eigenvalue weighted by Crippen LogP contribution is 2.38. The summed E-state index contributed by atoms with van der Waals surface area (Å²) in [4.78, 5) is 19.2. The minimum atomic E-state index is -2.63. The highest BCUT2D eigenvalue weighted by molar-refractivity contribution is 6.02. The second-order valence-corrected chi connectivity index (χ2v) is 7.31. The maximum absolute atomic E-state index is 15.2. The van der Waals surface area contributed by atoms with Gasteiger partial charge in [0.25, 0.3) is 6.43 Å². The summed E-state index contributed by atoms with van der Waals surface area (Å²) in [5, 5.41) is 12.1. The van der Waals surface area contributed by atoms with Crippen LogP contribution in [0.4, 0.5) is 24.7 Å². The van der Waals surface area contributed by atoms with Gasteiger partial charge < -0.3 is 15.0 Å². The monoisotopic (exact) mass is 445 g/mol. The summed E-state index contributed by atoms with van der Waals surface area (Å²) in [5.74, 6) is -0.281. The van der Waals surface area contributed by atoms with Crippen LogP contribution < -0.4 is 10.6 Å². The lowest BCUT2D eigenvalue weighted by Crippen LogP contribution is -2.13. The first kappa shape index (κ1) is 21.6. The molecular formula is C21H22F3N7O. The number of carbonyl (C=O) groups excluding carboxylic acids is 1. The van der Waals surface area contributed by atoms with E-state index in [1.807, 2.05) is 0 Å². The molecule has 32 heavy (non-hydrogen) atoms. The molecule has 4 aromatic rings. The smallest absolute Gasteiger partial charge is 0.255 e. The normalized spacial score (nSPS) is 12.7. The van der Waals surface area contributed by atoms with Crippen molar-refractivity contribution >= 4 is 34.5 Å². The molecule has 3 N–H and O–H groups in total. The quantitative estimate of drug-likeness (QED) is 0.367. The number of hydrogen-bond donors (Lipinski definition) is 3. The maximum Gasteiger partial charge on any atom is 0.255 e. The molecule has 0 saturated heterocycles. The third kappa shape index (κ3) is 4.36. The van der Waals surface area contributed by atoms with Crippen molar-refractivity contribution < 1.29 is 18.0 Å². The lowest BCUT2D eigenvalue weighted by molar-refractivity contribution is -0.105. The van der Waals surface area contributed by atoms with E-state index in [2.05, 4.69) is 30.8 Å². The van der Waals surface area contributed by atoms with Crippen LogP contribution in [-0.4, -0.2) is 43.9 Å². The van der Waals surface area contributed by atoms with Crippen molar-refractivity contribution in [3.8, 4) is 11.3 Å². The highest BCUT2D eigenvalue weighted by Gasteiger charge is 2.23. The molecule has 0 aliphatic heterocycles. The van der Waals surface area contributed by atoms with E-state index in [0.29, 0.717) is 46.5 Å². The minimum absolute atomic E-state index is 0.0421. The van der Waals surface area contributed by atoms with Crippen LogP contribution >= 0.6 is 0 Å². The standard InChI is InChI=1S/C18H16F3N7O.C3H6/c1-2-9-15(11-6-28-7-13(24-8-29)26-14(28)5-22-11)10-3-25-27-17(10)18(16(9)21)23-4-12(19)20;1-2-3-1/h3,5-8,12,23H,2,4H2,1H3,(H,24,29)(H,25,27);1-3H2. The lowest BCUT2D eigenvalue weighted by Gasteiger charge is -2.16. The molecule has 168 valence electrons. The van der Waals surface area contributed by atoms with Gasteiger partial charge in [0.05, 0.1) is 42.0 Å². The van der Waals surface area contributed by atoms with Crippen LogP contribution in [0.25, 0.3) is 27.8 Å². The molecule has 0 spiro atoms. The van der Waals surface area contributed by atoms with E-state index in [1.54, 1.807) is 23.7 Å². The number of nitrogens with one attached hydrogen (secondary N) is 3. The van der Waals surface area contributed by atoms with Crippen LogP contribution in [0.3, 0.4) is 0 Å². The van der Waals surface area contributed by atoms with Gasteiger partial charge in [-0.3, -0.25) is 14.9 Å². The Hall–Kier alpha value is -3.63. The molecule has 5 rings (SSSR count). The number of halogens is 3. The number of amides is 1. The van der Waals surface area contributed by atoms with Gasteiger partial charge in [-0.25, -0.2) is 18.2 Å². The van der Waals surface area contributed by atoms with Crippen molar-refractivity contribution in [2.75, 3.05) is 17.2 Å². The van der Waals surface area contributed by atoms with E-state index in [1.165, 1.54) is 31.7 Å². The number of fused-ring (bicyclic) bond motifs is 2. The third-order valence-electron chi connectivity index (χ3n) is 4.89. The van der Waals surface area contributed by atoms with Crippen LogP contribution in [0.5, 0.6) is 0 Å². The predicted molar refractivity (Wildman–Crippen MR) is 115 cm³/mol. The Balaban J connectivity index is 0.000000754. The second kappa shape index (κ2) is 9.25. The number of anilines is 2.